The second kappa shape index (κ2) is 12.5. The largest absolute Gasteiger partial charge is 0.396 e. The number of aliphatic hydroxyl groups excluding tert-OH is 1. The van der Waals surface area contributed by atoms with Crippen molar-refractivity contribution in [2.75, 3.05) is 6.61 Å². The number of aliphatic hydroxyl groups is 1. The highest BCUT2D eigenvalue weighted by molar-refractivity contribution is 9.10. The summed E-state index contributed by atoms with van der Waals surface area (Å²) >= 11 is 3.42. The molecule has 2 heteroatoms. The van der Waals surface area contributed by atoms with Gasteiger partial charge in [-0.15, -0.1) is 0 Å². The molecular weight excluding hydrogens is 444 g/mol. The first-order chi connectivity index (χ1) is 15.3. The molecule has 0 aromatic heterocycles. The number of unbranched alkanes of at least 4 members (excludes halogenated alkanes) is 1. The molecule has 0 saturated carbocycles. The van der Waals surface area contributed by atoms with Crippen LogP contribution in [0.1, 0.15) is 18.4 Å². The van der Waals surface area contributed by atoms with Gasteiger partial charge >= 0.3 is 0 Å². The van der Waals surface area contributed by atoms with Gasteiger partial charge in [-0.05, 0) is 52.9 Å². The van der Waals surface area contributed by atoms with Crippen molar-refractivity contribution in [1.29, 1.82) is 0 Å². The molecule has 1 N–H and O–H groups in total. The van der Waals surface area contributed by atoms with E-state index in [2.05, 4.69) is 101 Å². The Kier molecular flexibility index (Phi) is 9.13. The monoisotopic (exact) mass is 468 g/mol. The van der Waals surface area contributed by atoms with Crippen LogP contribution in [0.4, 0.5) is 0 Å². The molecule has 154 valence electrons. The fraction of sp³-hybridized carbons (Fsp3) is 0.103. The summed E-state index contributed by atoms with van der Waals surface area (Å²) in [5.74, 6) is 6.15. The molecule has 0 bridgehead atoms. The van der Waals surface area contributed by atoms with Crippen LogP contribution in [0.15, 0.2) is 114 Å². The normalized spacial score (nSPS) is 9.74. The van der Waals surface area contributed by atoms with Gasteiger partial charge in [-0.2, -0.15) is 0 Å². The third kappa shape index (κ3) is 7.57. The lowest BCUT2D eigenvalue weighted by Gasteiger charge is -2.00. The van der Waals surface area contributed by atoms with Gasteiger partial charge in [0.05, 0.1) is 0 Å². The van der Waals surface area contributed by atoms with Crippen LogP contribution in [0, 0.1) is 11.8 Å². The second-order valence-electron chi connectivity index (χ2n) is 6.95. The fourth-order valence-corrected chi connectivity index (χ4v) is 3.25. The lowest BCUT2D eigenvalue weighted by Crippen LogP contribution is -1.80. The van der Waals surface area contributed by atoms with Crippen LogP contribution < -0.4 is 0 Å². The first-order valence-corrected chi connectivity index (χ1v) is 11.1. The summed E-state index contributed by atoms with van der Waals surface area (Å²) in [6.07, 6.45) is 1.49. The minimum atomic E-state index is 0.210. The molecule has 31 heavy (non-hydrogen) atoms. The van der Waals surface area contributed by atoms with E-state index in [4.69, 9.17) is 5.11 Å². The zero-order valence-electron chi connectivity index (χ0n) is 17.3. The van der Waals surface area contributed by atoms with Crippen molar-refractivity contribution in [2.24, 2.45) is 0 Å². The van der Waals surface area contributed by atoms with Crippen molar-refractivity contribution in [3.8, 4) is 34.1 Å². The van der Waals surface area contributed by atoms with Gasteiger partial charge < -0.3 is 5.11 Å². The Labute approximate surface area is 193 Å². The van der Waals surface area contributed by atoms with Crippen molar-refractivity contribution >= 4 is 15.9 Å². The summed E-state index contributed by atoms with van der Waals surface area (Å²) in [5.41, 5.74) is 5.96. The van der Waals surface area contributed by atoms with Crippen LogP contribution >= 0.6 is 15.9 Å². The lowest BCUT2D eigenvalue weighted by atomic mass is 10.0. The van der Waals surface area contributed by atoms with Crippen LogP contribution in [0.3, 0.4) is 0 Å². The molecule has 0 unspecified atom stereocenters. The average Bonchev–Trinajstić information content (AvgIpc) is 2.84. The molecule has 4 rings (SSSR count). The molecule has 0 heterocycles. The van der Waals surface area contributed by atoms with Crippen LogP contribution in [-0.4, -0.2) is 11.7 Å². The van der Waals surface area contributed by atoms with Gasteiger partial charge in [0.15, 0.2) is 0 Å². The molecule has 0 amide bonds. The Morgan fingerprint density at radius 2 is 1.03 bits per heavy atom. The Bertz CT molecular complexity index is 1090. The third-order valence-electron chi connectivity index (χ3n) is 4.64. The molecule has 0 radical (unpaired) electrons. The fourth-order valence-electron chi connectivity index (χ4n) is 2.98. The minimum absolute atomic E-state index is 0.210. The predicted molar refractivity (Wildman–Crippen MR) is 135 cm³/mol. The highest BCUT2D eigenvalue weighted by Gasteiger charge is 1.96. The van der Waals surface area contributed by atoms with Crippen molar-refractivity contribution in [3.63, 3.8) is 0 Å². The van der Waals surface area contributed by atoms with E-state index in [-0.39, 0.29) is 6.61 Å². The summed E-state index contributed by atoms with van der Waals surface area (Å²) in [6.45, 7) is 0.210. The van der Waals surface area contributed by atoms with Crippen molar-refractivity contribution in [3.05, 3.63) is 119 Å². The van der Waals surface area contributed by atoms with Gasteiger partial charge in [-0.25, -0.2) is 0 Å². The zero-order chi connectivity index (χ0) is 21.7. The molecular formula is C29H25BrO. The minimum Gasteiger partial charge on any atom is -0.396 e. The van der Waals surface area contributed by atoms with Crippen LogP contribution in [0.5, 0.6) is 0 Å². The van der Waals surface area contributed by atoms with E-state index in [9.17, 15) is 0 Å². The Morgan fingerprint density at radius 1 is 0.581 bits per heavy atom. The molecule has 0 spiro atoms. The number of hydrogen-bond acceptors (Lipinski definition) is 1. The summed E-state index contributed by atoms with van der Waals surface area (Å²) in [4.78, 5) is 0. The van der Waals surface area contributed by atoms with E-state index in [1.165, 1.54) is 22.3 Å². The summed E-state index contributed by atoms with van der Waals surface area (Å²) < 4.78 is 1.12. The summed E-state index contributed by atoms with van der Waals surface area (Å²) in [7, 11) is 0. The second-order valence-corrected chi connectivity index (χ2v) is 7.86. The van der Waals surface area contributed by atoms with Gasteiger partial charge in [0.2, 0.25) is 0 Å². The molecule has 4 aromatic carbocycles. The Morgan fingerprint density at radius 3 is 1.52 bits per heavy atom. The molecule has 0 aliphatic rings. The number of hydrogen-bond donors (Lipinski definition) is 1. The number of benzene rings is 4. The molecule has 0 atom stereocenters. The van der Waals surface area contributed by atoms with E-state index >= 15 is 0 Å². The van der Waals surface area contributed by atoms with E-state index in [0.29, 0.717) is 0 Å². The van der Waals surface area contributed by atoms with Gasteiger partial charge in [0.1, 0.15) is 0 Å². The van der Waals surface area contributed by atoms with Crippen LogP contribution in [0.25, 0.3) is 22.3 Å². The third-order valence-corrected chi connectivity index (χ3v) is 5.16. The molecule has 0 aliphatic carbocycles. The standard InChI is InChI=1S/C17H16O.C12H9Br/c18-14-6-2-3-7-15-10-12-17(13-11-15)16-8-4-1-5-9-16;13-12-8-6-11(7-9-12)10-4-2-1-3-5-10/h1,4-5,8-13,18H,2,6,14H2;1-9H. The van der Waals surface area contributed by atoms with Crippen molar-refractivity contribution in [2.45, 2.75) is 12.8 Å². The Hall–Kier alpha value is -3.12. The van der Waals surface area contributed by atoms with E-state index in [0.717, 1.165) is 22.9 Å². The Balaban J connectivity index is 0.000000185. The number of rotatable bonds is 4. The van der Waals surface area contributed by atoms with Crippen molar-refractivity contribution < 1.29 is 5.11 Å². The topological polar surface area (TPSA) is 20.2 Å². The van der Waals surface area contributed by atoms with E-state index < -0.39 is 0 Å². The zero-order valence-corrected chi connectivity index (χ0v) is 18.9. The first-order valence-electron chi connectivity index (χ1n) is 10.3. The molecule has 0 fully saturated rings. The SMILES string of the molecule is Brc1ccc(-c2ccccc2)cc1.OCCCC#Cc1ccc(-c2ccccc2)cc1. The van der Waals surface area contributed by atoms with Crippen LogP contribution in [-0.2, 0) is 0 Å². The molecule has 0 aliphatic heterocycles. The maximum atomic E-state index is 8.66. The number of halogens is 1. The highest BCUT2D eigenvalue weighted by atomic mass is 79.9. The first kappa shape index (κ1) is 22.6. The predicted octanol–water partition coefficient (Wildman–Crippen LogP) is 7.59. The van der Waals surface area contributed by atoms with E-state index in [1.54, 1.807) is 0 Å². The van der Waals surface area contributed by atoms with Gasteiger partial charge in [-0.1, -0.05) is 113 Å². The van der Waals surface area contributed by atoms with Gasteiger partial charge in [0.25, 0.3) is 0 Å². The quantitative estimate of drug-likeness (QED) is 0.241. The smallest absolute Gasteiger partial charge is 0.0440 e. The average molecular weight is 469 g/mol. The summed E-state index contributed by atoms with van der Waals surface area (Å²) in [5, 5.41) is 8.66. The van der Waals surface area contributed by atoms with E-state index in [1.807, 2.05) is 36.4 Å². The summed E-state index contributed by atoms with van der Waals surface area (Å²) in [6, 6.07) is 37.2. The lowest BCUT2D eigenvalue weighted by molar-refractivity contribution is 0.290. The maximum Gasteiger partial charge on any atom is 0.0440 e. The van der Waals surface area contributed by atoms with Gasteiger partial charge in [0, 0.05) is 23.1 Å². The van der Waals surface area contributed by atoms with Crippen molar-refractivity contribution in [1.82, 2.24) is 0 Å². The van der Waals surface area contributed by atoms with Gasteiger partial charge in [-0.3, -0.25) is 0 Å². The molecule has 4 aromatic rings. The maximum absolute atomic E-state index is 8.66. The molecule has 0 saturated heterocycles. The van der Waals surface area contributed by atoms with Crippen LogP contribution in [0.2, 0.25) is 0 Å². The highest BCUT2D eigenvalue weighted by Crippen LogP contribution is 2.21. The molecule has 1 nitrogen and oxygen atoms in total.